The summed E-state index contributed by atoms with van der Waals surface area (Å²) in [6.45, 7) is 4.75. The average Bonchev–Trinajstić information content (AvgIpc) is 3.03. The molecule has 1 amide bonds. The lowest BCUT2D eigenvalue weighted by molar-refractivity contribution is -0.133. The number of benzene rings is 1. The van der Waals surface area contributed by atoms with E-state index < -0.39 is 0 Å². The van der Waals surface area contributed by atoms with Gasteiger partial charge < -0.3 is 14.4 Å². The highest BCUT2D eigenvalue weighted by Gasteiger charge is 2.21. The molecule has 2 heterocycles. The molecule has 3 rings (SSSR count). The van der Waals surface area contributed by atoms with E-state index in [2.05, 4.69) is 23.3 Å². The summed E-state index contributed by atoms with van der Waals surface area (Å²) < 4.78 is 10.8. The lowest BCUT2D eigenvalue weighted by Crippen LogP contribution is -2.48. The Hall–Kier alpha value is -1.40. The number of hydrogen-bond donors (Lipinski definition) is 0. The van der Waals surface area contributed by atoms with Crippen LogP contribution >= 0.6 is 11.8 Å². The molecule has 0 aromatic heterocycles. The summed E-state index contributed by atoms with van der Waals surface area (Å²) in [4.78, 5) is 16.5. The van der Waals surface area contributed by atoms with Crippen LogP contribution in [-0.2, 0) is 11.3 Å². The van der Waals surface area contributed by atoms with Crippen molar-refractivity contribution in [2.45, 2.75) is 19.4 Å². The molecule has 0 radical (unpaired) electrons. The van der Waals surface area contributed by atoms with Crippen LogP contribution in [0, 0.1) is 0 Å². The van der Waals surface area contributed by atoms with Crippen molar-refractivity contribution in [3.05, 3.63) is 23.8 Å². The van der Waals surface area contributed by atoms with Gasteiger partial charge in [0.15, 0.2) is 11.5 Å². The first-order valence-electron chi connectivity index (χ1n) is 8.14. The highest BCUT2D eigenvalue weighted by molar-refractivity contribution is 7.98. The molecule has 2 aliphatic rings. The van der Waals surface area contributed by atoms with E-state index in [0.717, 1.165) is 56.4 Å². The van der Waals surface area contributed by atoms with Crippen molar-refractivity contribution < 1.29 is 14.3 Å². The molecule has 0 N–H and O–H groups in total. The normalized spacial score (nSPS) is 17.5. The van der Waals surface area contributed by atoms with Gasteiger partial charge in [-0.2, -0.15) is 11.8 Å². The van der Waals surface area contributed by atoms with Crippen LogP contribution in [0.25, 0.3) is 0 Å². The van der Waals surface area contributed by atoms with Crippen molar-refractivity contribution in [3.63, 3.8) is 0 Å². The molecule has 0 aliphatic carbocycles. The molecular weight excluding hydrogens is 312 g/mol. The van der Waals surface area contributed by atoms with Gasteiger partial charge in [-0.05, 0) is 36.1 Å². The van der Waals surface area contributed by atoms with Crippen molar-refractivity contribution in [2.24, 2.45) is 0 Å². The van der Waals surface area contributed by atoms with Gasteiger partial charge in [0.25, 0.3) is 0 Å². The van der Waals surface area contributed by atoms with Crippen molar-refractivity contribution in [1.82, 2.24) is 9.80 Å². The van der Waals surface area contributed by atoms with Gasteiger partial charge in [-0.1, -0.05) is 6.07 Å². The summed E-state index contributed by atoms with van der Waals surface area (Å²) in [5.41, 5.74) is 1.23. The number of amides is 1. The van der Waals surface area contributed by atoms with E-state index in [1.165, 1.54) is 5.56 Å². The van der Waals surface area contributed by atoms with E-state index in [9.17, 15) is 4.79 Å². The maximum atomic E-state index is 12.1. The van der Waals surface area contributed by atoms with Crippen molar-refractivity contribution >= 4 is 17.7 Å². The lowest BCUT2D eigenvalue weighted by atomic mass is 10.1. The largest absolute Gasteiger partial charge is 0.454 e. The third-order valence-electron chi connectivity index (χ3n) is 4.31. The number of hydrogen-bond acceptors (Lipinski definition) is 5. The Labute approximate surface area is 141 Å². The maximum absolute atomic E-state index is 12.1. The molecule has 0 unspecified atom stereocenters. The van der Waals surface area contributed by atoms with Gasteiger partial charge in [0.1, 0.15) is 0 Å². The number of carbonyl (C=O) groups is 1. The zero-order valence-electron chi connectivity index (χ0n) is 13.6. The quantitative estimate of drug-likeness (QED) is 0.745. The number of carbonyl (C=O) groups excluding carboxylic acids is 1. The number of fused-ring (bicyclic) bond motifs is 1. The van der Waals surface area contributed by atoms with E-state index >= 15 is 0 Å². The van der Waals surface area contributed by atoms with Gasteiger partial charge in [0.2, 0.25) is 12.7 Å². The number of nitrogens with zero attached hydrogens (tertiary/aromatic N) is 2. The SMILES string of the molecule is CSCCCC(=O)N1CCN(Cc2ccc3c(c2)OCO3)CC1. The van der Waals surface area contributed by atoms with Crippen LogP contribution in [0.3, 0.4) is 0 Å². The smallest absolute Gasteiger partial charge is 0.231 e. The Balaban J connectivity index is 1.45. The van der Waals surface area contributed by atoms with Crippen LogP contribution in [0.5, 0.6) is 11.5 Å². The molecule has 5 nitrogen and oxygen atoms in total. The third-order valence-corrected chi connectivity index (χ3v) is 5.00. The van der Waals surface area contributed by atoms with Crippen molar-refractivity contribution in [2.75, 3.05) is 45.0 Å². The molecule has 23 heavy (non-hydrogen) atoms. The highest BCUT2D eigenvalue weighted by Crippen LogP contribution is 2.32. The van der Waals surface area contributed by atoms with E-state index in [1.54, 1.807) is 11.8 Å². The molecule has 6 heteroatoms. The minimum Gasteiger partial charge on any atom is -0.454 e. The van der Waals surface area contributed by atoms with E-state index in [-0.39, 0.29) is 0 Å². The number of rotatable bonds is 6. The standard InChI is InChI=1S/C17H24N2O3S/c1-23-10-2-3-17(20)19-8-6-18(7-9-19)12-14-4-5-15-16(11-14)22-13-21-15/h4-5,11H,2-3,6-10,12-13H2,1H3. The minimum atomic E-state index is 0.307. The Morgan fingerprint density at radius 1 is 1.17 bits per heavy atom. The molecule has 1 aromatic carbocycles. The van der Waals surface area contributed by atoms with Crippen LogP contribution in [0.1, 0.15) is 18.4 Å². The molecule has 0 bridgehead atoms. The van der Waals surface area contributed by atoms with Gasteiger partial charge >= 0.3 is 0 Å². The fraction of sp³-hybridized carbons (Fsp3) is 0.588. The topological polar surface area (TPSA) is 42.0 Å². The van der Waals surface area contributed by atoms with Crippen LogP contribution < -0.4 is 9.47 Å². The first kappa shape index (κ1) is 16.5. The first-order chi connectivity index (χ1) is 11.3. The number of ether oxygens (including phenoxy) is 2. The van der Waals surface area contributed by atoms with Gasteiger partial charge in [0, 0.05) is 39.1 Å². The second kappa shape index (κ2) is 7.93. The van der Waals surface area contributed by atoms with Crippen LogP contribution in [0.15, 0.2) is 18.2 Å². The summed E-state index contributed by atoms with van der Waals surface area (Å²) in [6, 6.07) is 6.12. The van der Waals surface area contributed by atoms with Crippen molar-refractivity contribution in [1.29, 1.82) is 0 Å². The number of thioether (sulfide) groups is 1. The molecule has 0 saturated carbocycles. The van der Waals surface area contributed by atoms with Gasteiger partial charge in [-0.25, -0.2) is 0 Å². The summed E-state index contributed by atoms with van der Waals surface area (Å²) in [5, 5.41) is 0. The predicted octanol–water partition coefficient (Wildman–Crippen LogP) is 2.20. The summed E-state index contributed by atoms with van der Waals surface area (Å²) >= 11 is 1.80. The van der Waals surface area contributed by atoms with E-state index in [0.29, 0.717) is 19.1 Å². The second-order valence-electron chi connectivity index (χ2n) is 5.94. The van der Waals surface area contributed by atoms with Gasteiger partial charge in [0.05, 0.1) is 0 Å². The highest BCUT2D eigenvalue weighted by atomic mass is 32.2. The van der Waals surface area contributed by atoms with Crippen LogP contribution in [-0.4, -0.2) is 60.7 Å². The molecular formula is C17H24N2O3S. The van der Waals surface area contributed by atoms with Crippen molar-refractivity contribution in [3.8, 4) is 11.5 Å². The molecule has 0 atom stereocenters. The molecule has 126 valence electrons. The summed E-state index contributed by atoms with van der Waals surface area (Å²) in [5.74, 6) is 3.04. The predicted molar refractivity (Wildman–Crippen MR) is 92.0 cm³/mol. The van der Waals surface area contributed by atoms with Crippen LogP contribution in [0.2, 0.25) is 0 Å². The fourth-order valence-corrected chi connectivity index (χ4v) is 3.41. The Kier molecular flexibility index (Phi) is 5.67. The zero-order valence-corrected chi connectivity index (χ0v) is 14.4. The molecule has 1 aromatic rings. The fourth-order valence-electron chi connectivity index (χ4n) is 2.98. The van der Waals surface area contributed by atoms with Gasteiger partial charge in [-0.15, -0.1) is 0 Å². The lowest BCUT2D eigenvalue weighted by Gasteiger charge is -2.34. The first-order valence-corrected chi connectivity index (χ1v) is 9.53. The number of piperazine rings is 1. The second-order valence-corrected chi connectivity index (χ2v) is 6.93. The Bertz CT molecular complexity index is 545. The van der Waals surface area contributed by atoms with E-state index in [4.69, 9.17) is 9.47 Å². The third kappa shape index (κ3) is 4.32. The molecule has 1 saturated heterocycles. The van der Waals surface area contributed by atoms with Gasteiger partial charge in [-0.3, -0.25) is 9.69 Å². The molecule has 2 aliphatic heterocycles. The average molecular weight is 336 g/mol. The maximum Gasteiger partial charge on any atom is 0.231 e. The zero-order chi connectivity index (χ0) is 16.1. The Morgan fingerprint density at radius 3 is 2.74 bits per heavy atom. The minimum absolute atomic E-state index is 0.307. The molecule has 1 fully saturated rings. The molecule has 0 spiro atoms. The monoisotopic (exact) mass is 336 g/mol. The van der Waals surface area contributed by atoms with Crippen LogP contribution in [0.4, 0.5) is 0 Å². The Morgan fingerprint density at radius 2 is 1.96 bits per heavy atom. The summed E-state index contributed by atoms with van der Waals surface area (Å²) in [7, 11) is 0. The summed E-state index contributed by atoms with van der Waals surface area (Å²) in [6.07, 6.45) is 3.75. The van der Waals surface area contributed by atoms with E-state index in [1.807, 2.05) is 11.0 Å².